The Morgan fingerprint density at radius 1 is 1.35 bits per heavy atom. The molecule has 0 amide bonds. The van der Waals surface area contributed by atoms with E-state index in [9.17, 15) is 4.39 Å². The van der Waals surface area contributed by atoms with Crippen LogP contribution in [0.3, 0.4) is 0 Å². The summed E-state index contributed by atoms with van der Waals surface area (Å²) in [6.45, 7) is 5.17. The quantitative estimate of drug-likeness (QED) is 0.857. The first-order chi connectivity index (χ1) is 8.18. The van der Waals surface area contributed by atoms with E-state index < -0.39 is 0 Å². The van der Waals surface area contributed by atoms with Crippen molar-refractivity contribution in [3.05, 3.63) is 29.6 Å². The lowest BCUT2D eigenvalue weighted by atomic mass is 10.1. The third-order valence-electron chi connectivity index (χ3n) is 3.04. The molecule has 0 bridgehead atoms. The summed E-state index contributed by atoms with van der Waals surface area (Å²) < 4.78 is 18.7. The Kier molecular flexibility index (Phi) is 3.97. The second-order valence-corrected chi connectivity index (χ2v) is 4.44. The van der Waals surface area contributed by atoms with Crippen molar-refractivity contribution >= 4 is 5.69 Å². The SMILES string of the molecule is C[C@@H](N)c1cc(F)ccc1N1CCCOCC1. The number of rotatable bonds is 2. The summed E-state index contributed by atoms with van der Waals surface area (Å²) in [7, 11) is 0. The van der Waals surface area contributed by atoms with Crippen LogP contribution >= 0.6 is 0 Å². The molecule has 94 valence electrons. The highest BCUT2D eigenvalue weighted by Crippen LogP contribution is 2.26. The van der Waals surface area contributed by atoms with Gasteiger partial charge >= 0.3 is 0 Å². The molecule has 0 spiro atoms. The molecule has 1 atom stereocenters. The monoisotopic (exact) mass is 238 g/mol. The molecule has 3 nitrogen and oxygen atoms in total. The van der Waals surface area contributed by atoms with E-state index in [1.807, 2.05) is 13.0 Å². The standard InChI is InChI=1S/C13H19FN2O/c1-10(15)12-9-11(14)3-4-13(12)16-5-2-7-17-8-6-16/h3-4,9-10H,2,5-8,15H2,1H3/t10-/m1/s1. The molecule has 1 heterocycles. The Hall–Kier alpha value is -1.13. The van der Waals surface area contributed by atoms with E-state index in [2.05, 4.69) is 4.90 Å². The van der Waals surface area contributed by atoms with E-state index in [-0.39, 0.29) is 11.9 Å². The minimum atomic E-state index is -0.230. The van der Waals surface area contributed by atoms with E-state index >= 15 is 0 Å². The first-order valence-electron chi connectivity index (χ1n) is 6.06. The van der Waals surface area contributed by atoms with Gasteiger partial charge in [0.15, 0.2) is 0 Å². The van der Waals surface area contributed by atoms with Crippen LogP contribution in [0.2, 0.25) is 0 Å². The molecule has 4 heteroatoms. The topological polar surface area (TPSA) is 38.5 Å². The third kappa shape index (κ3) is 2.96. The summed E-state index contributed by atoms with van der Waals surface area (Å²) in [6, 6.07) is 4.68. The molecule has 1 saturated heterocycles. The lowest BCUT2D eigenvalue weighted by Crippen LogP contribution is -2.28. The number of ether oxygens (including phenoxy) is 1. The summed E-state index contributed by atoms with van der Waals surface area (Å²) in [5, 5.41) is 0. The van der Waals surface area contributed by atoms with Crippen LogP contribution in [0.1, 0.15) is 24.9 Å². The van der Waals surface area contributed by atoms with Crippen molar-refractivity contribution in [1.82, 2.24) is 0 Å². The summed E-state index contributed by atoms with van der Waals surface area (Å²) in [5.74, 6) is -0.230. The van der Waals surface area contributed by atoms with Crippen molar-refractivity contribution in [2.75, 3.05) is 31.2 Å². The fourth-order valence-electron chi connectivity index (χ4n) is 2.17. The minimum Gasteiger partial charge on any atom is -0.380 e. The Balaban J connectivity index is 2.29. The van der Waals surface area contributed by atoms with Gasteiger partial charge in [-0.2, -0.15) is 0 Å². The summed E-state index contributed by atoms with van der Waals surface area (Å²) in [4.78, 5) is 2.23. The molecule has 1 aliphatic rings. The van der Waals surface area contributed by atoms with E-state index in [0.717, 1.165) is 44.0 Å². The minimum absolute atomic E-state index is 0.162. The summed E-state index contributed by atoms with van der Waals surface area (Å²) in [5.41, 5.74) is 7.81. The molecule has 1 aliphatic heterocycles. The first kappa shape index (κ1) is 12.3. The number of hydrogen-bond acceptors (Lipinski definition) is 3. The summed E-state index contributed by atoms with van der Waals surface area (Å²) >= 11 is 0. The van der Waals surface area contributed by atoms with Crippen LogP contribution < -0.4 is 10.6 Å². The number of hydrogen-bond donors (Lipinski definition) is 1. The average molecular weight is 238 g/mol. The fraction of sp³-hybridized carbons (Fsp3) is 0.538. The molecular formula is C13H19FN2O. The number of nitrogens with zero attached hydrogens (tertiary/aromatic N) is 1. The zero-order valence-electron chi connectivity index (χ0n) is 10.2. The van der Waals surface area contributed by atoms with Gasteiger partial charge in [-0.05, 0) is 37.1 Å². The predicted molar refractivity (Wildman–Crippen MR) is 66.7 cm³/mol. The van der Waals surface area contributed by atoms with Gasteiger partial charge in [0, 0.05) is 31.4 Å². The second-order valence-electron chi connectivity index (χ2n) is 4.44. The molecule has 0 unspecified atom stereocenters. The maximum absolute atomic E-state index is 13.3. The van der Waals surface area contributed by atoms with Crippen LogP contribution in [-0.4, -0.2) is 26.3 Å². The van der Waals surface area contributed by atoms with Crippen molar-refractivity contribution in [2.45, 2.75) is 19.4 Å². The zero-order valence-corrected chi connectivity index (χ0v) is 10.2. The first-order valence-corrected chi connectivity index (χ1v) is 6.06. The van der Waals surface area contributed by atoms with Gasteiger partial charge in [0.2, 0.25) is 0 Å². The second kappa shape index (κ2) is 5.47. The van der Waals surface area contributed by atoms with Crippen molar-refractivity contribution in [3.63, 3.8) is 0 Å². The summed E-state index contributed by atoms with van der Waals surface area (Å²) in [6.07, 6.45) is 0.996. The van der Waals surface area contributed by atoms with Gasteiger partial charge in [0.1, 0.15) is 5.82 Å². The molecule has 0 saturated carbocycles. The molecule has 0 aromatic heterocycles. The molecule has 1 aromatic carbocycles. The molecule has 1 fully saturated rings. The number of benzene rings is 1. The normalized spacial score (nSPS) is 18.9. The molecular weight excluding hydrogens is 219 g/mol. The van der Waals surface area contributed by atoms with Crippen LogP contribution in [0.25, 0.3) is 0 Å². The van der Waals surface area contributed by atoms with Crippen LogP contribution in [0.5, 0.6) is 0 Å². The molecule has 0 radical (unpaired) electrons. The van der Waals surface area contributed by atoms with Crippen molar-refractivity contribution in [2.24, 2.45) is 5.73 Å². The Morgan fingerprint density at radius 2 is 2.18 bits per heavy atom. The Labute approximate surface area is 101 Å². The van der Waals surface area contributed by atoms with E-state index in [1.54, 1.807) is 0 Å². The van der Waals surface area contributed by atoms with Gasteiger partial charge in [-0.15, -0.1) is 0 Å². The zero-order chi connectivity index (χ0) is 12.3. The maximum atomic E-state index is 13.3. The number of anilines is 1. The average Bonchev–Trinajstić information content (AvgIpc) is 2.57. The molecule has 17 heavy (non-hydrogen) atoms. The van der Waals surface area contributed by atoms with Crippen LogP contribution in [0, 0.1) is 5.82 Å². The van der Waals surface area contributed by atoms with Crippen molar-refractivity contribution in [3.8, 4) is 0 Å². The number of halogens is 1. The van der Waals surface area contributed by atoms with Crippen molar-refractivity contribution < 1.29 is 9.13 Å². The molecule has 1 aromatic rings. The highest BCUT2D eigenvalue weighted by Gasteiger charge is 2.16. The largest absolute Gasteiger partial charge is 0.380 e. The highest BCUT2D eigenvalue weighted by molar-refractivity contribution is 5.55. The predicted octanol–water partition coefficient (Wildman–Crippen LogP) is 2.07. The van der Waals surface area contributed by atoms with Crippen LogP contribution in [0.4, 0.5) is 10.1 Å². The Morgan fingerprint density at radius 3 is 2.94 bits per heavy atom. The van der Waals surface area contributed by atoms with E-state index in [4.69, 9.17) is 10.5 Å². The Bertz CT molecular complexity index is 374. The van der Waals surface area contributed by atoms with Gasteiger partial charge in [-0.3, -0.25) is 0 Å². The molecule has 2 rings (SSSR count). The van der Waals surface area contributed by atoms with Gasteiger partial charge in [-0.1, -0.05) is 0 Å². The van der Waals surface area contributed by atoms with Gasteiger partial charge in [0.25, 0.3) is 0 Å². The van der Waals surface area contributed by atoms with Gasteiger partial charge in [0.05, 0.1) is 6.61 Å². The van der Waals surface area contributed by atoms with E-state index in [0.29, 0.717) is 0 Å². The number of nitrogens with two attached hydrogens (primary N) is 1. The van der Waals surface area contributed by atoms with Crippen molar-refractivity contribution in [1.29, 1.82) is 0 Å². The van der Waals surface area contributed by atoms with Crippen LogP contribution in [0.15, 0.2) is 18.2 Å². The maximum Gasteiger partial charge on any atom is 0.123 e. The lowest BCUT2D eigenvalue weighted by molar-refractivity contribution is 0.152. The van der Waals surface area contributed by atoms with Gasteiger partial charge in [-0.25, -0.2) is 4.39 Å². The van der Waals surface area contributed by atoms with E-state index in [1.165, 1.54) is 12.1 Å². The molecule has 2 N–H and O–H groups in total. The van der Waals surface area contributed by atoms with Gasteiger partial charge < -0.3 is 15.4 Å². The van der Waals surface area contributed by atoms with Crippen LogP contribution in [-0.2, 0) is 4.74 Å². The highest BCUT2D eigenvalue weighted by atomic mass is 19.1. The smallest absolute Gasteiger partial charge is 0.123 e. The molecule has 0 aliphatic carbocycles. The lowest BCUT2D eigenvalue weighted by Gasteiger charge is -2.26. The fourth-order valence-corrected chi connectivity index (χ4v) is 2.17. The third-order valence-corrected chi connectivity index (χ3v) is 3.04.